The summed E-state index contributed by atoms with van der Waals surface area (Å²) < 4.78 is 29.6. The molecule has 0 aliphatic carbocycles. The molecule has 0 bridgehead atoms. The van der Waals surface area contributed by atoms with Crippen molar-refractivity contribution < 1.29 is 28.2 Å². The van der Waals surface area contributed by atoms with Crippen molar-refractivity contribution in [1.29, 1.82) is 0 Å². The highest BCUT2D eigenvalue weighted by Crippen LogP contribution is 2.35. The van der Waals surface area contributed by atoms with Crippen LogP contribution in [0, 0.1) is 5.82 Å². The van der Waals surface area contributed by atoms with Crippen LogP contribution in [0.25, 0.3) is 11.3 Å². The van der Waals surface area contributed by atoms with Crippen LogP contribution < -0.4 is 4.74 Å². The van der Waals surface area contributed by atoms with E-state index in [2.05, 4.69) is 31.3 Å². The summed E-state index contributed by atoms with van der Waals surface area (Å²) >= 11 is 3.17. The van der Waals surface area contributed by atoms with Gasteiger partial charge >= 0.3 is 11.9 Å². The Balaban J connectivity index is 2.42. The summed E-state index contributed by atoms with van der Waals surface area (Å²) in [6, 6.07) is 2.65. The Kier molecular flexibility index (Phi) is 6.45. The van der Waals surface area contributed by atoms with Crippen molar-refractivity contribution in [1.82, 2.24) is 15.4 Å². The number of hydrogen-bond donors (Lipinski definition) is 1. The topological polar surface area (TPSA) is 103 Å². The minimum absolute atomic E-state index is 0.0394. The van der Waals surface area contributed by atoms with Crippen LogP contribution in [0.2, 0.25) is 0 Å². The molecule has 10 heteroatoms. The zero-order valence-electron chi connectivity index (χ0n) is 13.5. The van der Waals surface area contributed by atoms with Gasteiger partial charge in [-0.1, -0.05) is 15.9 Å². The molecule has 0 spiro atoms. The number of halogens is 2. The molecule has 1 heterocycles. The smallest absolute Gasteiger partial charge is 0.361 e. The lowest BCUT2D eigenvalue weighted by Crippen LogP contribution is -2.15. The van der Waals surface area contributed by atoms with E-state index in [-0.39, 0.29) is 35.9 Å². The summed E-state index contributed by atoms with van der Waals surface area (Å²) in [6.45, 7) is 3.11. The van der Waals surface area contributed by atoms with Crippen molar-refractivity contribution in [3.63, 3.8) is 0 Å². The number of rotatable bonds is 7. The van der Waals surface area contributed by atoms with Crippen molar-refractivity contribution in [3.05, 3.63) is 28.1 Å². The third kappa shape index (κ3) is 4.53. The van der Waals surface area contributed by atoms with E-state index in [1.54, 1.807) is 13.8 Å². The highest BCUT2D eigenvalue weighted by Gasteiger charge is 2.24. The van der Waals surface area contributed by atoms with Gasteiger partial charge in [-0.2, -0.15) is 10.3 Å². The molecule has 2 rings (SSSR count). The molecule has 25 heavy (non-hydrogen) atoms. The molecule has 0 aliphatic rings. The second kappa shape index (κ2) is 8.56. The van der Waals surface area contributed by atoms with E-state index in [0.717, 1.165) is 6.07 Å². The molecule has 8 nitrogen and oxygen atoms in total. The number of H-pyrrole nitrogens is 1. The van der Waals surface area contributed by atoms with Gasteiger partial charge in [0.2, 0.25) is 0 Å². The first-order chi connectivity index (χ1) is 12.0. The molecule has 0 amide bonds. The summed E-state index contributed by atoms with van der Waals surface area (Å²) in [5.41, 5.74) is 0.0471. The van der Waals surface area contributed by atoms with Crippen LogP contribution in [-0.4, -0.2) is 47.2 Å². The summed E-state index contributed by atoms with van der Waals surface area (Å²) in [7, 11) is 0. The molecule has 0 radical (unpaired) electrons. The molecule has 2 aromatic rings. The predicted octanol–water partition coefficient (Wildman–Crippen LogP) is 2.49. The fourth-order valence-corrected chi connectivity index (χ4v) is 2.41. The molecule has 0 aliphatic heterocycles. The number of aromatic nitrogens is 3. The molecule has 0 atom stereocenters. The summed E-state index contributed by atoms with van der Waals surface area (Å²) in [4.78, 5) is 23.4. The average molecular weight is 416 g/mol. The molecule has 1 aromatic carbocycles. The number of benzene rings is 1. The fraction of sp³-hybridized carbons (Fsp3) is 0.333. The molecular weight excluding hydrogens is 401 g/mol. The van der Waals surface area contributed by atoms with Gasteiger partial charge in [0.15, 0.2) is 23.9 Å². The Morgan fingerprint density at radius 1 is 1.20 bits per heavy atom. The van der Waals surface area contributed by atoms with Crippen LogP contribution in [0.3, 0.4) is 0 Å². The normalized spacial score (nSPS) is 10.4. The number of nitrogens with one attached hydrogen (secondary N) is 1. The second-order valence-corrected chi connectivity index (χ2v) is 5.51. The zero-order chi connectivity index (χ0) is 18.4. The van der Waals surface area contributed by atoms with Crippen LogP contribution in [0.5, 0.6) is 5.75 Å². The lowest BCUT2D eigenvalue weighted by atomic mass is 10.1. The molecule has 1 aromatic heterocycles. The monoisotopic (exact) mass is 415 g/mol. The van der Waals surface area contributed by atoms with Crippen LogP contribution >= 0.6 is 15.9 Å². The number of carbonyl (C=O) groups excluding carboxylic acids is 2. The maximum absolute atomic E-state index is 14.3. The van der Waals surface area contributed by atoms with E-state index >= 15 is 0 Å². The molecule has 0 saturated heterocycles. The first kappa shape index (κ1) is 18.8. The van der Waals surface area contributed by atoms with Gasteiger partial charge < -0.3 is 14.2 Å². The Morgan fingerprint density at radius 3 is 2.60 bits per heavy atom. The lowest BCUT2D eigenvalue weighted by Gasteiger charge is -2.12. The molecular formula is C15H15BrFN3O5. The molecule has 0 fully saturated rings. The van der Waals surface area contributed by atoms with Crippen molar-refractivity contribution >= 4 is 27.9 Å². The fourth-order valence-electron chi connectivity index (χ4n) is 1.98. The third-order valence-electron chi connectivity index (χ3n) is 2.92. The number of ether oxygens (including phenoxy) is 3. The van der Waals surface area contributed by atoms with E-state index in [4.69, 9.17) is 14.2 Å². The third-order valence-corrected chi connectivity index (χ3v) is 3.38. The van der Waals surface area contributed by atoms with Crippen molar-refractivity contribution in [3.8, 4) is 17.0 Å². The molecule has 0 saturated carbocycles. The zero-order valence-corrected chi connectivity index (χ0v) is 15.1. The first-order valence-corrected chi connectivity index (χ1v) is 8.12. The van der Waals surface area contributed by atoms with E-state index in [1.165, 1.54) is 6.07 Å². The largest absolute Gasteiger partial charge is 0.478 e. The van der Waals surface area contributed by atoms with Crippen LogP contribution in [0.15, 0.2) is 16.6 Å². The number of aromatic amines is 1. The molecule has 0 unspecified atom stereocenters. The average Bonchev–Trinajstić information content (AvgIpc) is 3.03. The number of esters is 2. The molecule has 1 N–H and O–H groups in total. The van der Waals surface area contributed by atoms with Gasteiger partial charge in [0.1, 0.15) is 5.69 Å². The number of hydrogen-bond acceptors (Lipinski definition) is 7. The van der Waals surface area contributed by atoms with Gasteiger partial charge in [-0.25, -0.2) is 14.0 Å². The van der Waals surface area contributed by atoms with Gasteiger partial charge in [-0.15, -0.1) is 5.10 Å². The van der Waals surface area contributed by atoms with E-state index in [0.29, 0.717) is 4.47 Å². The van der Waals surface area contributed by atoms with Crippen molar-refractivity contribution in [2.24, 2.45) is 0 Å². The number of nitrogens with zero attached hydrogens (tertiary/aromatic N) is 2. The predicted molar refractivity (Wildman–Crippen MR) is 87.6 cm³/mol. The quantitative estimate of drug-likeness (QED) is 0.692. The Morgan fingerprint density at radius 2 is 1.92 bits per heavy atom. The van der Waals surface area contributed by atoms with E-state index in [1.807, 2.05) is 0 Å². The van der Waals surface area contributed by atoms with Crippen molar-refractivity contribution in [2.45, 2.75) is 13.8 Å². The Hall–Kier alpha value is -2.49. The SMILES string of the molecule is CCOC(=O)COc1c(F)cc(Br)cc1-c1n[nH]nc1C(=O)OCC. The lowest BCUT2D eigenvalue weighted by molar-refractivity contribution is -0.145. The van der Waals surface area contributed by atoms with Gasteiger partial charge in [0.25, 0.3) is 0 Å². The highest BCUT2D eigenvalue weighted by molar-refractivity contribution is 9.10. The minimum Gasteiger partial charge on any atom is -0.478 e. The van der Waals surface area contributed by atoms with E-state index in [9.17, 15) is 14.0 Å². The van der Waals surface area contributed by atoms with Gasteiger partial charge in [0, 0.05) is 4.47 Å². The van der Waals surface area contributed by atoms with Crippen LogP contribution in [-0.2, 0) is 14.3 Å². The second-order valence-electron chi connectivity index (χ2n) is 4.60. The standard InChI is InChI=1S/C15H15BrFN3O5/c1-3-23-11(21)7-25-14-9(5-8(16)6-10(14)17)12-13(19-20-18-12)15(22)24-4-2/h5-6H,3-4,7H2,1-2H3,(H,18,19,20). The number of carbonyl (C=O) groups is 2. The highest BCUT2D eigenvalue weighted by atomic mass is 79.9. The van der Waals surface area contributed by atoms with Crippen LogP contribution in [0.1, 0.15) is 24.3 Å². The van der Waals surface area contributed by atoms with Gasteiger partial charge in [0.05, 0.1) is 18.8 Å². The summed E-state index contributed by atoms with van der Waals surface area (Å²) in [5.74, 6) is -2.37. The maximum atomic E-state index is 14.3. The first-order valence-electron chi connectivity index (χ1n) is 7.33. The van der Waals surface area contributed by atoms with Crippen LogP contribution in [0.4, 0.5) is 4.39 Å². The van der Waals surface area contributed by atoms with Crippen molar-refractivity contribution in [2.75, 3.05) is 19.8 Å². The maximum Gasteiger partial charge on any atom is 0.361 e. The molecule has 134 valence electrons. The summed E-state index contributed by atoms with van der Waals surface area (Å²) in [6.07, 6.45) is 0. The summed E-state index contributed by atoms with van der Waals surface area (Å²) in [5, 5.41) is 9.92. The minimum atomic E-state index is -0.744. The van der Waals surface area contributed by atoms with Gasteiger partial charge in [-0.05, 0) is 26.0 Å². The van der Waals surface area contributed by atoms with E-state index < -0.39 is 24.4 Å². The van der Waals surface area contributed by atoms with Gasteiger partial charge in [-0.3, -0.25) is 0 Å². The Labute approximate surface area is 150 Å². The Bertz CT molecular complexity index is 781.